The van der Waals surface area contributed by atoms with E-state index >= 15 is 0 Å². The molecule has 0 unspecified atom stereocenters. The molecular formula is C19H14ClFN6OS. The lowest BCUT2D eigenvalue weighted by molar-refractivity contribution is 0.102. The summed E-state index contributed by atoms with van der Waals surface area (Å²) in [6.45, 7) is 3.75. The summed E-state index contributed by atoms with van der Waals surface area (Å²) in [5.41, 5.74) is 3.11. The van der Waals surface area contributed by atoms with Gasteiger partial charge in [-0.2, -0.15) is 9.36 Å². The molecule has 0 saturated carbocycles. The molecule has 2 aromatic carbocycles. The third-order valence-corrected chi connectivity index (χ3v) is 5.35. The van der Waals surface area contributed by atoms with Crippen molar-refractivity contribution in [1.29, 1.82) is 0 Å². The number of aromatic nitrogens is 5. The molecule has 0 radical (unpaired) electrons. The van der Waals surface area contributed by atoms with Crippen molar-refractivity contribution < 1.29 is 9.18 Å². The number of benzene rings is 2. The lowest BCUT2D eigenvalue weighted by Gasteiger charge is -2.08. The van der Waals surface area contributed by atoms with E-state index in [4.69, 9.17) is 11.6 Å². The van der Waals surface area contributed by atoms with Crippen LogP contribution in [0.5, 0.6) is 0 Å². The van der Waals surface area contributed by atoms with Crippen LogP contribution in [0.25, 0.3) is 17.2 Å². The minimum Gasteiger partial charge on any atom is -0.297 e. The first-order valence-corrected chi connectivity index (χ1v) is 9.68. The number of hydrogen-bond acceptors (Lipinski definition) is 6. The highest BCUT2D eigenvalue weighted by Gasteiger charge is 2.19. The van der Waals surface area contributed by atoms with Gasteiger partial charge in [0.1, 0.15) is 5.82 Å². The van der Waals surface area contributed by atoms with Crippen LogP contribution in [0.3, 0.4) is 0 Å². The molecule has 7 nitrogen and oxygen atoms in total. The summed E-state index contributed by atoms with van der Waals surface area (Å²) in [6, 6.07) is 11.0. The summed E-state index contributed by atoms with van der Waals surface area (Å²) in [5, 5.41) is 11.9. The van der Waals surface area contributed by atoms with E-state index in [1.54, 1.807) is 4.68 Å². The molecule has 29 heavy (non-hydrogen) atoms. The van der Waals surface area contributed by atoms with Gasteiger partial charge in [0, 0.05) is 22.1 Å². The van der Waals surface area contributed by atoms with Crippen LogP contribution < -0.4 is 5.32 Å². The first kappa shape index (κ1) is 19.2. The fourth-order valence-corrected chi connectivity index (χ4v) is 3.49. The first-order chi connectivity index (χ1) is 13.9. The van der Waals surface area contributed by atoms with Gasteiger partial charge in [-0.3, -0.25) is 10.1 Å². The molecule has 0 atom stereocenters. The number of halogens is 2. The Morgan fingerprint density at radius 3 is 2.79 bits per heavy atom. The Bertz CT molecular complexity index is 1220. The van der Waals surface area contributed by atoms with Crippen molar-refractivity contribution in [3.63, 3.8) is 0 Å². The van der Waals surface area contributed by atoms with Crippen molar-refractivity contribution in [3.05, 3.63) is 70.1 Å². The average molecular weight is 429 g/mol. The number of rotatable bonds is 4. The highest BCUT2D eigenvalue weighted by atomic mass is 35.5. The van der Waals surface area contributed by atoms with Gasteiger partial charge in [0.15, 0.2) is 11.5 Å². The maximum absolute atomic E-state index is 13.3. The highest BCUT2D eigenvalue weighted by Crippen LogP contribution is 2.27. The number of nitrogens with one attached hydrogen (secondary N) is 1. The molecular weight excluding hydrogens is 415 g/mol. The zero-order valence-corrected chi connectivity index (χ0v) is 16.9. The molecule has 0 aliphatic rings. The molecule has 2 aromatic heterocycles. The lowest BCUT2D eigenvalue weighted by Crippen LogP contribution is -2.11. The van der Waals surface area contributed by atoms with Crippen LogP contribution >= 0.6 is 23.1 Å². The van der Waals surface area contributed by atoms with Crippen LogP contribution in [0.2, 0.25) is 5.02 Å². The van der Waals surface area contributed by atoms with Crippen LogP contribution in [-0.4, -0.2) is 30.3 Å². The summed E-state index contributed by atoms with van der Waals surface area (Å²) in [5.74, 6) is -0.616. The van der Waals surface area contributed by atoms with E-state index < -0.39 is 11.7 Å². The summed E-state index contributed by atoms with van der Waals surface area (Å²) in [6.07, 6.45) is 0. The second kappa shape index (κ2) is 7.69. The third-order valence-electron chi connectivity index (χ3n) is 4.31. The maximum atomic E-state index is 13.3. The number of nitrogens with zero attached hydrogens (tertiary/aromatic N) is 5. The van der Waals surface area contributed by atoms with Gasteiger partial charge in [0.05, 0.1) is 11.4 Å². The van der Waals surface area contributed by atoms with E-state index in [-0.39, 0.29) is 10.7 Å². The van der Waals surface area contributed by atoms with Gasteiger partial charge in [-0.1, -0.05) is 28.9 Å². The van der Waals surface area contributed by atoms with Crippen LogP contribution in [0, 0.1) is 19.7 Å². The maximum Gasteiger partial charge on any atom is 0.257 e. The predicted molar refractivity (Wildman–Crippen MR) is 109 cm³/mol. The Hall–Kier alpha value is -3.17. The topological polar surface area (TPSA) is 85.6 Å². The minimum absolute atomic E-state index is 0.195. The van der Waals surface area contributed by atoms with Crippen LogP contribution in [0.15, 0.2) is 42.5 Å². The quantitative estimate of drug-likeness (QED) is 0.519. The van der Waals surface area contributed by atoms with E-state index in [1.165, 1.54) is 18.2 Å². The molecule has 0 aliphatic heterocycles. The predicted octanol–water partition coefficient (Wildman–Crippen LogP) is 4.45. The second-order valence-electron chi connectivity index (χ2n) is 6.21. The highest BCUT2D eigenvalue weighted by molar-refractivity contribution is 7.10. The van der Waals surface area contributed by atoms with Gasteiger partial charge in [0.2, 0.25) is 5.13 Å². The summed E-state index contributed by atoms with van der Waals surface area (Å²) >= 11 is 7.21. The lowest BCUT2D eigenvalue weighted by atomic mass is 10.2. The Morgan fingerprint density at radius 2 is 2.00 bits per heavy atom. The SMILES string of the molecule is Cc1c(Cl)cccc1-n1nnc(-c2nsc(NC(=O)c3cccc(F)c3)n2)c1C. The summed E-state index contributed by atoms with van der Waals surface area (Å²) in [7, 11) is 0. The average Bonchev–Trinajstić information content (AvgIpc) is 3.30. The Balaban J connectivity index is 1.60. The van der Waals surface area contributed by atoms with Gasteiger partial charge in [0.25, 0.3) is 5.91 Å². The number of carbonyl (C=O) groups excluding carboxylic acids is 1. The Kier molecular flexibility index (Phi) is 5.08. The smallest absolute Gasteiger partial charge is 0.257 e. The Labute approximate surface area is 174 Å². The number of carbonyl (C=O) groups is 1. The number of hydrogen-bond donors (Lipinski definition) is 1. The first-order valence-electron chi connectivity index (χ1n) is 8.53. The molecule has 0 bridgehead atoms. The molecule has 4 rings (SSSR count). The standard InChI is InChI=1S/C19H14ClFN6OS/c1-10-14(20)7-4-8-15(10)27-11(2)16(24-26-27)17-22-19(29-25-17)23-18(28)12-5-3-6-13(21)9-12/h3-9H,1-2H3,(H,22,23,25,28). The van der Waals surface area contributed by atoms with Gasteiger partial charge in [-0.05, 0) is 49.7 Å². The summed E-state index contributed by atoms with van der Waals surface area (Å²) < 4.78 is 19.2. The van der Waals surface area contributed by atoms with Crippen molar-refractivity contribution in [2.75, 3.05) is 5.32 Å². The van der Waals surface area contributed by atoms with Crippen LogP contribution in [-0.2, 0) is 0 Å². The molecule has 10 heteroatoms. The van der Waals surface area contributed by atoms with Crippen molar-refractivity contribution in [3.8, 4) is 17.2 Å². The zero-order chi connectivity index (χ0) is 20.5. The number of anilines is 1. The van der Waals surface area contributed by atoms with Gasteiger partial charge in [-0.15, -0.1) is 5.10 Å². The largest absolute Gasteiger partial charge is 0.297 e. The Morgan fingerprint density at radius 1 is 1.21 bits per heavy atom. The van der Waals surface area contributed by atoms with Crippen molar-refractivity contribution in [2.24, 2.45) is 0 Å². The molecule has 2 heterocycles. The molecule has 1 N–H and O–H groups in total. The van der Waals surface area contributed by atoms with Crippen molar-refractivity contribution in [2.45, 2.75) is 13.8 Å². The minimum atomic E-state index is -0.487. The molecule has 1 amide bonds. The molecule has 0 fully saturated rings. The molecule has 146 valence electrons. The fourth-order valence-electron chi connectivity index (χ4n) is 2.76. The fraction of sp³-hybridized carbons (Fsp3) is 0.105. The van der Waals surface area contributed by atoms with Gasteiger partial charge >= 0.3 is 0 Å². The molecule has 0 aliphatic carbocycles. The van der Waals surface area contributed by atoms with E-state index in [9.17, 15) is 9.18 Å². The van der Waals surface area contributed by atoms with Gasteiger partial charge in [-0.25, -0.2) is 9.07 Å². The van der Waals surface area contributed by atoms with E-state index in [0.717, 1.165) is 34.5 Å². The molecule has 4 aromatic rings. The zero-order valence-electron chi connectivity index (χ0n) is 15.3. The number of amides is 1. The van der Waals surface area contributed by atoms with Crippen molar-refractivity contribution >= 4 is 34.2 Å². The molecule has 0 saturated heterocycles. The summed E-state index contributed by atoms with van der Waals surface area (Å²) in [4.78, 5) is 16.6. The normalized spacial score (nSPS) is 10.9. The van der Waals surface area contributed by atoms with Crippen LogP contribution in [0.1, 0.15) is 21.6 Å². The monoisotopic (exact) mass is 428 g/mol. The van der Waals surface area contributed by atoms with E-state index in [1.807, 2.05) is 32.0 Å². The van der Waals surface area contributed by atoms with E-state index in [2.05, 4.69) is 25.0 Å². The van der Waals surface area contributed by atoms with Gasteiger partial charge < -0.3 is 0 Å². The van der Waals surface area contributed by atoms with E-state index in [0.29, 0.717) is 16.5 Å². The third kappa shape index (κ3) is 3.74. The second-order valence-corrected chi connectivity index (χ2v) is 7.37. The molecule has 0 spiro atoms. The van der Waals surface area contributed by atoms with Crippen molar-refractivity contribution in [1.82, 2.24) is 24.4 Å². The van der Waals surface area contributed by atoms with Crippen LogP contribution in [0.4, 0.5) is 9.52 Å².